The van der Waals surface area contributed by atoms with Crippen LogP contribution in [0, 0.1) is 0 Å². The van der Waals surface area contributed by atoms with Gasteiger partial charge in [0.25, 0.3) is 0 Å². The van der Waals surface area contributed by atoms with Gasteiger partial charge in [-0.2, -0.15) is 4.89 Å². The first-order valence-electron chi connectivity index (χ1n) is 4.38. The molecule has 0 aromatic heterocycles. The van der Waals surface area contributed by atoms with E-state index in [1.807, 2.05) is 24.3 Å². The highest BCUT2D eigenvalue weighted by molar-refractivity contribution is 5.62. The Bertz CT molecular complexity index is 354. The number of hydrogen-bond donors (Lipinski definition) is 2. The lowest BCUT2D eigenvalue weighted by atomic mass is 10.1. The number of anilines is 2. The summed E-state index contributed by atoms with van der Waals surface area (Å²) in [6.07, 6.45) is 2.45. The van der Waals surface area contributed by atoms with Crippen LogP contribution in [-0.2, 0) is 16.2 Å². The van der Waals surface area contributed by atoms with Crippen molar-refractivity contribution >= 4 is 11.4 Å². The SMILES string of the molecule is Nc1cccc(N)c1CC1=CCOO1. The first-order valence-corrected chi connectivity index (χ1v) is 4.38. The molecule has 1 heterocycles. The van der Waals surface area contributed by atoms with Crippen LogP contribution in [0.5, 0.6) is 0 Å². The molecule has 2 rings (SSSR count). The fraction of sp³-hybridized carbons (Fsp3) is 0.200. The lowest BCUT2D eigenvalue weighted by Crippen LogP contribution is -2.01. The molecule has 0 radical (unpaired) electrons. The molecule has 1 aliphatic heterocycles. The largest absolute Gasteiger partial charge is 0.398 e. The van der Waals surface area contributed by atoms with Crippen molar-refractivity contribution < 1.29 is 9.78 Å². The highest BCUT2D eigenvalue weighted by Gasteiger charge is 2.11. The quantitative estimate of drug-likeness (QED) is 0.546. The molecule has 0 spiro atoms. The van der Waals surface area contributed by atoms with Crippen LogP contribution >= 0.6 is 0 Å². The summed E-state index contributed by atoms with van der Waals surface area (Å²) in [5, 5.41) is 0. The Hall–Kier alpha value is -1.68. The summed E-state index contributed by atoms with van der Waals surface area (Å²) in [6, 6.07) is 5.47. The maximum atomic E-state index is 5.80. The average Bonchev–Trinajstić information content (AvgIpc) is 2.64. The van der Waals surface area contributed by atoms with E-state index >= 15 is 0 Å². The monoisotopic (exact) mass is 192 g/mol. The van der Waals surface area contributed by atoms with Crippen molar-refractivity contribution in [2.45, 2.75) is 6.42 Å². The van der Waals surface area contributed by atoms with Gasteiger partial charge in [0.2, 0.25) is 0 Å². The lowest BCUT2D eigenvalue weighted by molar-refractivity contribution is -0.234. The fourth-order valence-corrected chi connectivity index (χ4v) is 1.37. The van der Waals surface area contributed by atoms with Gasteiger partial charge in [0.15, 0.2) is 0 Å². The zero-order chi connectivity index (χ0) is 9.97. The normalized spacial score (nSPS) is 15.0. The number of benzene rings is 1. The van der Waals surface area contributed by atoms with E-state index in [-0.39, 0.29) is 0 Å². The van der Waals surface area contributed by atoms with Gasteiger partial charge in [0, 0.05) is 23.4 Å². The predicted octanol–water partition coefficient (Wildman–Crippen LogP) is 1.24. The van der Waals surface area contributed by atoms with Crippen molar-refractivity contribution in [1.29, 1.82) is 0 Å². The third kappa shape index (κ3) is 1.65. The predicted molar refractivity (Wildman–Crippen MR) is 54.1 cm³/mol. The fourth-order valence-electron chi connectivity index (χ4n) is 1.37. The zero-order valence-electron chi connectivity index (χ0n) is 7.69. The molecular formula is C10H12N2O2. The van der Waals surface area contributed by atoms with Gasteiger partial charge in [-0.3, -0.25) is 0 Å². The van der Waals surface area contributed by atoms with E-state index in [4.69, 9.17) is 21.2 Å². The molecule has 0 aliphatic carbocycles. The van der Waals surface area contributed by atoms with Gasteiger partial charge in [-0.05, 0) is 18.2 Å². The second-order valence-electron chi connectivity index (χ2n) is 3.13. The van der Waals surface area contributed by atoms with Gasteiger partial charge >= 0.3 is 0 Å². The van der Waals surface area contributed by atoms with Crippen molar-refractivity contribution in [1.82, 2.24) is 0 Å². The minimum atomic E-state index is 0.488. The molecule has 74 valence electrons. The van der Waals surface area contributed by atoms with Crippen molar-refractivity contribution in [2.75, 3.05) is 18.1 Å². The first kappa shape index (κ1) is 8.90. The summed E-state index contributed by atoms with van der Waals surface area (Å²) in [5.41, 5.74) is 13.8. The van der Waals surface area contributed by atoms with E-state index in [9.17, 15) is 0 Å². The van der Waals surface area contributed by atoms with Crippen molar-refractivity contribution in [3.05, 3.63) is 35.6 Å². The van der Waals surface area contributed by atoms with Crippen LogP contribution in [0.15, 0.2) is 30.0 Å². The Morgan fingerprint density at radius 1 is 1.21 bits per heavy atom. The molecule has 0 saturated heterocycles. The highest BCUT2D eigenvalue weighted by Crippen LogP contribution is 2.24. The highest BCUT2D eigenvalue weighted by atomic mass is 17.2. The Labute approximate surface area is 82.0 Å². The molecule has 1 aromatic carbocycles. The van der Waals surface area contributed by atoms with Crippen LogP contribution in [0.2, 0.25) is 0 Å². The minimum Gasteiger partial charge on any atom is -0.398 e. The molecular weight excluding hydrogens is 180 g/mol. The van der Waals surface area contributed by atoms with E-state index in [1.54, 1.807) is 0 Å². The molecule has 1 aliphatic rings. The van der Waals surface area contributed by atoms with Crippen LogP contribution in [0.1, 0.15) is 5.56 Å². The lowest BCUT2D eigenvalue weighted by Gasteiger charge is -2.08. The van der Waals surface area contributed by atoms with Crippen LogP contribution in [0.3, 0.4) is 0 Å². The minimum absolute atomic E-state index is 0.488. The molecule has 0 saturated carbocycles. The zero-order valence-corrected chi connectivity index (χ0v) is 7.69. The molecule has 0 bridgehead atoms. The summed E-state index contributed by atoms with van der Waals surface area (Å²) in [5.74, 6) is 0.759. The van der Waals surface area contributed by atoms with E-state index in [2.05, 4.69) is 0 Å². The molecule has 4 N–H and O–H groups in total. The molecule has 4 nitrogen and oxygen atoms in total. The van der Waals surface area contributed by atoms with Gasteiger partial charge in [-0.15, -0.1) is 0 Å². The Kier molecular flexibility index (Phi) is 2.28. The summed E-state index contributed by atoms with van der Waals surface area (Å²) in [7, 11) is 0. The van der Waals surface area contributed by atoms with Gasteiger partial charge in [-0.25, -0.2) is 0 Å². The third-order valence-electron chi connectivity index (χ3n) is 2.14. The molecule has 1 aromatic rings. The first-order chi connectivity index (χ1) is 6.77. The maximum Gasteiger partial charge on any atom is 0.145 e. The van der Waals surface area contributed by atoms with E-state index in [1.165, 1.54) is 0 Å². The third-order valence-corrected chi connectivity index (χ3v) is 2.14. The Morgan fingerprint density at radius 3 is 2.50 bits per heavy atom. The number of hydrogen-bond acceptors (Lipinski definition) is 4. The molecule has 0 atom stereocenters. The number of rotatable bonds is 2. The molecule has 0 amide bonds. The van der Waals surface area contributed by atoms with Crippen LogP contribution in [-0.4, -0.2) is 6.61 Å². The van der Waals surface area contributed by atoms with Gasteiger partial charge in [-0.1, -0.05) is 6.07 Å². The van der Waals surface area contributed by atoms with E-state index in [0.717, 1.165) is 11.3 Å². The summed E-state index contributed by atoms with van der Waals surface area (Å²) < 4.78 is 0. The van der Waals surface area contributed by atoms with Crippen molar-refractivity contribution in [2.24, 2.45) is 0 Å². The van der Waals surface area contributed by atoms with Crippen LogP contribution in [0.25, 0.3) is 0 Å². The molecule has 0 unspecified atom stereocenters. The van der Waals surface area contributed by atoms with Gasteiger partial charge in [0.1, 0.15) is 12.4 Å². The maximum absolute atomic E-state index is 5.80. The van der Waals surface area contributed by atoms with Crippen molar-refractivity contribution in [3.63, 3.8) is 0 Å². The number of nitrogen functional groups attached to an aromatic ring is 2. The van der Waals surface area contributed by atoms with Crippen molar-refractivity contribution in [3.8, 4) is 0 Å². The summed E-state index contributed by atoms with van der Waals surface area (Å²) in [4.78, 5) is 9.65. The second-order valence-corrected chi connectivity index (χ2v) is 3.13. The van der Waals surface area contributed by atoms with Gasteiger partial charge < -0.3 is 16.4 Å². The van der Waals surface area contributed by atoms with E-state index in [0.29, 0.717) is 24.4 Å². The van der Waals surface area contributed by atoms with Crippen LogP contribution < -0.4 is 11.5 Å². The topological polar surface area (TPSA) is 70.5 Å². The average molecular weight is 192 g/mol. The standard InChI is InChI=1S/C10H12N2O2/c11-9-2-1-3-10(12)8(9)6-7-4-5-13-14-7/h1-4H,5-6,11-12H2. The molecule has 0 fully saturated rings. The molecule has 4 heteroatoms. The Balaban J connectivity index is 2.23. The Morgan fingerprint density at radius 2 is 1.93 bits per heavy atom. The summed E-state index contributed by atoms with van der Waals surface area (Å²) in [6.45, 7) is 0.488. The number of allylic oxidation sites excluding steroid dienone is 1. The van der Waals surface area contributed by atoms with Gasteiger partial charge in [0.05, 0.1) is 0 Å². The number of nitrogens with two attached hydrogens (primary N) is 2. The van der Waals surface area contributed by atoms with Crippen LogP contribution in [0.4, 0.5) is 11.4 Å². The van der Waals surface area contributed by atoms with E-state index < -0.39 is 0 Å². The second kappa shape index (κ2) is 3.59. The summed E-state index contributed by atoms with van der Waals surface area (Å²) >= 11 is 0. The molecule has 14 heavy (non-hydrogen) atoms. The smallest absolute Gasteiger partial charge is 0.145 e.